The first kappa shape index (κ1) is 11.9. The van der Waals surface area contributed by atoms with Crippen LogP contribution in [0.2, 0.25) is 0 Å². The molecule has 0 aromatic carbocycles. The fourth-order valence-electron chi connectivity index (χ4n) is 2.76. The first-order chi connectivity index (χ1) is 7.51. The summed E-state index contributed by atoms with van der Waals surface area (Å²) < 4.78 is 0. The molecule has 1 aliphatic heterocycles. The van der Waals surface area contributed by atoms with Crippen LogP contribution < -0.4 is 0 Å². The molecule has 2 rings (SSSR count). The Morgan fingerprint density at radius 2 is 2.06 bits per heavy atom. The van der Waals surface area contributed by atoms with Gasteiger partial charge >= 0.3 is 0 Å². The Hall–Kier alpha value is -0.570. The molecule has 3 heteroatoms. The second kappa shape index (κ2) is 4.36. The molecule has 92 valence electrons. The summed E-state index contributed by atoms with van der Waals surface area (Å²) in [6.07, 6.45) is 6.02. The van der Waals surface area contributed by atoms with Gasteiger partial charge in [-0.3, -0.25) is 4.79 Å². The second-order valence-corrected chi connectivity index (χ2v) is 5.84. The highest BCUT2D eigenvalue weighted by atomic mass is 16.3. The number of hydrogen-bond donors (Lipinski definition) is 1. The number of carbonyl (C=O) groups is 1. The number of hydrogen-bond acceptors (Lipinski definition) is 2. The smallest absolute Gasteiger partial charge is 0.223 e. The minimum atomic E-state index is -0.364. The van der Waals surface area contributed by atoms with E-state index in [1.165, 1.54) is 19.3 Å². The molecule has 16 heavy (non-hydrogen) atoms. The van der Waals surface area contributed by atoms with Crippen molar-refractivity contribution in [1.29, 1.82) is 0 Å². The summed E-state index contributed by atoms with van der Waals surface area (Å²) in [6, 6.07) is 0. The van der Waals surface area contributed by atoms with Crippen molar-refractivity contribution in [3.63, 3.8) is 0 Å². The number of aliphatic hydroxyl groups is 1. The largest absolute Gasteiger partial charge is 0.391 e. The van der Waals surface area contributed by atoms with E-state index in [1.54, 1.807) is 0 Å². The molecule has 0 aromatic heterocycles. The van der Waals surface area contributed by atoms with E-state index in [9.17, 15) is 9.90 Å². The van der Waals surface area contributed by atoms with Crippen molar-refractivity contribution in [2.75, 3.05) is 6.54 Å². The van der Waals surface area contributed by atoms with Crippen LogP contribution in [-0.4, -0.2) is 34.1 Å². The summed E-state index contributed by atoms with van der Waals surface area (Å²) in [5.41, 5.74) is -0.364. The van der Waals surface area contributed by atoms with Crippen molar-refractivity contribution in [2.24, 2.45) is 5.92 Å². The molecule has 1 unspecified atom stereocenters. The average Bonchev–Trinajstić information content (AvgIpc) is 2.39. The maximum Gasteiger partial charge on any atom is 0.223 e. The number of aliphatic hydroxyl groups excluding tert-OH is 1. The number of rotatable bonds is 3. The molecule has 2 aliphatic rings. The third-order valence-corrected chi connectivity index (χ3v) is 4.43. The van der Waals surface area contributed by atoms with Crippen LogP contribution in [0.1, 0.15) is 52.4 Å². The van der Waals surface area contributed by atoms with Gasteiger partial charge in [-0.15, -0.1) is 0 Å². The summed E-state index contributed by atoms with van der Waals surface area (Å²) in [7, 11) is 0. The van der Waals surface area contributed by atoms with Gasteiger partial charge in [-0.25, -0.2) is 0 Å². The number of nitrogens with zero attached hydrogens (tertiary/aromatic N) is 1. The van der Waals surface area contributed by atoms with Gasteiger partial charge < -0.3 is 10.0 Å². The molecule has 1 amide bonds. The Kier molecular flexibility index (Phi) is 3.24. The van der Waals surface area contributed by atoms with Crippen LogP contribution in [0.3, 0.4) is 0 Å². The molecule has 1 atom stereocenters. The molecule has 1 saturated carbocycles. The fourth-order valence-corrected chi connectivity index (χ4v) is 2.76. The quantitative estimate of drug-likeness (QED) is 0.797. The minimum Gasteiger partial charge on any atom is -0.391 e. The van der Waals surface area contributed by atoms with E-state index >= 15 is 0 Å². The van der Waals surface area contributed by atoms with Gasteiger partial charge in [0.2, 0.25) is 5.91 Å². The highest BCUT2D eigenvalue weighted by Gasteiger charge is 2.42. The molecule has 2 fully saturated rings. The normalized spacial score (nSPS) is 29.2. The maximum absolute atomic E-state index is 12.1. The first-order valence-electron chi connectivity index (χ1n) is 6.50. The Labute approximate surface area is 97.8 Å². The Bertz CT molecular complexity index is 271. The van der Waals surface area contributed by atoms with Crippen molar-refractivity contribution in [2.45, 2.75) is 64.0 Å². The van der Waals surface area contributed by atoms with Crippen LogP contribution in [0.5, 0.6) is 0 Å². The topological polar surface area (TPSA) is 40.5 Å². The Morgan fingerprint density at radius 1 is 1.38 bits per heavy atom. The van der Waals surface area contributed by atoms with E-state index in [4.69, 9.17) is 0 Å². The first-order valence-corrected chi connectivity index (χ1v) is 6.50. The van der Waals surface area contributed by atoms with Crippen molar-refractivity contribution in [1.82, 2.24) is 4.90 Å². The van der Waals surface area contributed by atoms with Gasteiger partial charge in [-0.2, -0.15) is 0 Å². The lowest BCUT2D eigenvalue weighted by molar-refractivity contribution is -0.136. The molecular formula is C13H23NO2. The van der Waals surface area contributed by atoms with Crippen molar-refractivity contribution in [3.05, 3.63) is 0 Å². The molecular weight excluding hydrogens is 202 g/mol. The van der Waals surface area contributed by atoms with E-state index in [1.807, 2.05) is 18.7 Å². The van der Waals surface area contributed by atoms with Gasteiger partial charge in [-0.05, 0) is 32.6 Å². The van der Waals surface area contributed by atoms with E-state index in [2.05, 4.69) is 0 Å². The second-order valence-electron chi connectivity index (χ2n) is 5.84. The van der Waals surface area contributed by atoms with Gasteiger partial charge in [0.15, 0.2) is 0 Å². The van der Waals surface area contributed by atoms with Crippen molar-refractivity contribution >= 4 is 5.91 Å². The van der Waals surface area contributed by atoms with Crippen LogP contribution in [0, 0.1) is 5.92 Å². The van der Waals surface area contributed by atoms with Crippen molar-refractivity contribution in [3.8, 4) is 0 Å². The molecule has 0 spiro atoms. The summed E-state index contributed by atoms with van der Waals surface area (Å²) in [5.74, 6) is 1.02. The Balaban J connectivity index is 1.84. The zero-order chi connectivity index (χ0) is 11.8. The third kappa shape index (κ3) is 2.10. The van der Waals surface area contributed by atoms with E-state index < -0.39 is 0 Å². The zero-order valence-corrected chi connectivity index (χ0v) is 10.4. The summed E-state index contributed by atoms with van der Waals surface area (Å²) in [4.78, 5) is 13.9. The standard InChI is InChI=1S/C13H23NO2/c1-13(2)11(15)8-9-14(13)12(16)7-6-10-4-3-5-10/h10-11,15H,3-9H2,1-2H3. The van der Waals surface area contributed by atoms with Crippen LogP contribution in [-0.2, 0) is 4.79 Å². The van der Waals surface area contributed by atoms with Crippen molar-refractivity contribution < 1.29 is 9.90 Å². The fraction of sp³-hybridized carbons (Fsp3) is 0.923. The average molecular weight is 225 g/mol. The number of likely N-dealkylation sites (tertiary alicyclic amines) is 1. The van der Waals surface area contributed by atoms with Gasteiger partial charge in [0.05, 0.1) is 11.6 Å². The van der Waals surface area contributed by atoms with Gasteiger partial charge in [0.25, 0.3) is 0 Å². The molecule has 1 aliphatic carbocycles. The predicted octanol–water partition coefficient (Wildman–Crippen LogP) is 1.94. The zero-order valence-electron chi connectivity index (χ0n) is 10.4. The van der Waals surface area contributed by atoms with Gasteiger partial charge in [-0.1, -0.05) is 19.3 Å². The molecule has 1 heterocycles. The molecule has 3 nitrogen and oxygen atoms in total. The summed E-state index contributed by atoms with van der Waals surface area (Å²) in [5, 5.41) is 9.82. The maximum atomic E-state index is 12.1. The molecule has 0 bridgehead atoms. The van der Waals surface area contributed by atoms with Gasteiger partial charge in [0.1, 0.15) is 0 Å². The van der Waals surface area contributed by atoms with Crippen LogP contribution in [0.15, 0.2) is 0 Å². The molecule has 0 aromatic rings. The summed E-state index contributed by atoms with van der Waals surface area (Å²) >= 11 is 0. The monoisotopic (exact) mass is 225 g/mol. The molecule has 1 N–H and O–H groups in total. The highest BCUT2D eigenvalue weighted by Crippen LogP contribution is 2.33. The molecule has 1 saturated heterocycles. The van der Waals surface area contributed by atoms with E-state index in [0.717, 1.165) is 25.3 Å². The highest BCUT2D eigenvalue weighted by molar-refractivity contribution is 5.77. The molecule has 0 radical (unpaired) electrons. The SMILES string of the molecule is CC1(C)C(O)CCN1C(=O)CCC1CCC1. The predicted molar refractivity (Wildman–Crippen MR) is 63.0 cm³/mol. The van der Waals surface area contributed by atoms with Crippen LogP contribution in [0.25, 0.3) is 0 Å². The third-order valence-electron chi connectivity index (χ3n) is 4.43. The minimum absolute atomic E-state index is 0.230. The Morgan fingerprint density at radius 3 is 2.50 bits per heavy atom. The lowest BCUT2D eigenvalue weighted by Crippen LogP contribution is -2.48. The van der Waals surface area contributed by atoms with Gasteiger partial charge in [0, 0.05) is 13.0 Å². The van der Waals surface area contributed by atoms with E-state index in [0.29, 0.717) is 6.42 Å². The lowest BCUT2D eigenvalue weighted by atomic mass is 9.82. The van der Waals surface area contributed by atoms with E-state index in [-0.39, 0.29) is 17.6 Å². The van der Waals surface area contributed by atoms with Crippen LogP contribution >= 0.6 is 0 Å². The number of carbonyl (C=O) groups excluding carboxylic acids is 1. The number of amides is 1. The summed E-state index contributed by atoms with van der Waals surface area (Å²) in [6.45, 7) is 4.65. The lowest BCUT2D eigenvalue weighted by Gasteiger charge is -2.34. The van der Waals surface area contributed by atoms with Crippen LogP contribution in [0.4, 0.5) is 0 Å².